The maximum atomic E-state index is 12.9. The van der Waals surface area contributed by atoms with Crippen LogP contribution in [-0.4, -0.2) is 15.8 Å². The zero-order valence-corrected chi connectivity index (χ0v) is 14.0. The van der Waals surface area contributed by atoms with E-state index < -0.39 is 4.92 Å². The fourth-order valence-corrected chi connectivity index (χ4v) is 3.01. The molecule has 0 fully saturated rings. The zero-order chi connectivity index (χ0) is 19.0. The van der Waals surface area contributed by atoms with E-state index in [1.165, 1.54) is 24.3 Å². The molecule has 27 heavy (non-hydrogen) atoms. The van der Waals surface area contributed by atoms with E-state index in [1.807, 2.05) is 18.2 Å². The average Bonchev–Trinajstić information content (AvgIpc) is 2.99. The van der Waals surface area contributed by atoms with Crippen LogP contribution in [0.2, 0.25) is 0 Å². The van der Waals surface area contributed by atoms with Gasteiger partial charge in [0.2, 0.25) is 5.78 Å². The van der Waals surface area contributed by atoms with E-state index in [9.17, 15) is 20.0 Å². The van der Waals surface area contributed by atoms with Crippen LogP contribution in [0.4, 0.5) is 5.69 Å². The highest BCUT2D eigenvalue weighted by molar-refractivity contribution is 6.18. The fourth-order valence-electron chi connectivity index (χ4n) is 3.01. The molecule has 0 unspecified atom stereocenters. The predicted molar refractivity (Wildman–Crippen MR) is 99.6 cm³/mol. The van der Waals surface area contributed by atoms with Crippen LogP contribution in [0.25, 0.3) is 17.2 Å². The van der Waals surface area contributed by atoms with Crippen molar-refractivity contribution in [2.24, 2.45) is 0 Å². The Morgan fingerprint density at radius 3 is 2.30 bits per heavy atom. The van der Waals surface area contributed by atoms with Crippen LogP contribution in [0.5, 0.6) is 11.5 Å². The topological polar surface area (TPSA) is 89.7 Å². The Bertz CT molecular complexity index is 1090. The summed E-state index contributed by atoms with van der Waals surface area (Å²) < 4.78 is 5.68. The van der Waals surface area contributed by atoms with Gasteiger partial charge in [0, 0.05) is 17.7 Å². The predicted octanol–water partition coefficient (Wildman–Crippen LogP) is 4.58. The standard InChI is InChI=1S/C21H13NO5/c23-16-10-11-17-20(19(16)14-4-2-1-3-5-14)21(24)18(27-17)12-13-6-8-15(9-7-13)22(25)26/h1-12,23H/b18-12-. The summed E-state index contributed by atoms with van der Waals surface area (Å²) in [7, 11) is 0. The van der Waals surface area contributed by atoms with Gasteiger partial charge in [-0.15, -0.1) is 0 Å². The van der Waals surface area contributed by atoms with Crippen molar-refractivity contribution in [3.05, 3.63) is 93.7 Å². The molecule has 1 heterocycles. The molecule has 0 atom stereocenters. The molecule has 3 aromatic carbocycles. The minimum absolute atomic E-state index is 0.00603. The average molecular weight is 359 g/mol. The highest BCUT2D eigenvalue weighted by atomic mass is 16.6. The number of phenolic OH excluding ortho intramolecular Hbond substituents is 1. The number of carbonyl (C=O) groups is 1. The minimum atomic E-state index is -0.487. The monoisotopic (exact) mass is 359 g/mol. The molecular formula is C21H13NO5. The van der Waals surface area contributed by atoms with Gasteiger partial charge in [0.05, 0.1) is 10.5 Å². The lowest BCUT2D eigenvalue weighted by Gasteiger charge is -2.08. The van der Waals surface area contributed by atoms with Crippen LogP contribution in [-0.2, 0) is 0 Å². The number of nitro benzene ring substituents is 1. The number of nitro groups is 1. The SMILES string of the molecule is O=C1/C(=C/c2ccc([N+](=O)[O-])cc2)Oc2ccc(O)c(-c3ccccc3)c21. The first-order chi connectivity index (χ1) is 13.0. The molecule has 1 N–H and O–H groups in total. The number of aromatic hydroxyl groups is 1. The molecule has 0 bridgehead atoms. The first-order valence-electron chi connectivity index (χ1n) is 8.14. The van der Waals surface area contributed by atoms with Gasteiger partial charge >= 0.3 is 0 Å². The number of carbonyl (C=O) groups excluding carboxylic acids is 1. The summed E-state index contributed by atoms with van der Waals surface area (Å²) >= 11 is 0. The molecule has 132 valence electrons. The number of allylic oxidation sites excluding steroid dienone is 1. The second-order valence-corrected chi connectivity index (χ2v) is 5.99. The van der Waals surface area contributed by atoms with Crippen LogP contribution in [0.1, 0.15) is 15.9 Å². The number of ketones is 1. The normalized spacial score (nSPS) is 14.1. The number of hydrogen-bond donors (Lipinski definition) is 1. The molecule has 1 aliphatic heterocycles. The highest BCUT2D eigenvalue weighted by Gasteiger charge is 2.32. The van der Waals surface area contributed by atoms with Crippen molar-refractivity contribution in [2.75, 3.05) is 0 Å². The number of ether oxygens (including phenoxy) is 1. The van der Waals surface area contributed by atoms with E-state index in [1.54, 1.807) is 30.3 Å². The van der Waals surface area contributed by atoms with Crippen molar-refractivity contribution < 1.29 is 19.6 Å². The van der Waals surface area contributed by atoms with Crippen molar-refractivity contribution in [1.29, 1.82) is 0 Å². The van der Waals surface area contributed by atoms with Gasteiger partial charge < -0.3 is 9.84 Å². The molecule has 0 amide bonds. The number of fused-ring (bicyclic) bond motifs is 1. The first-order valence-corrected chi connectivity index (χ1v) is 8.14. The third-order valence-corrected chi connectivity index (χ3v) is 4.28. The van der Waals surface area contributed by atoms with Crippen LogP contribution < -0.4 is 4.74 Å². The third-order valence-electron chi connectivity index (χ3n) is 4.28. The fraction of sp³-hybridized carbons (Fsp3) is 0. The lowest BCUT2D eigenvalue weighted by atomic mass is 9.95. The van der Waals surface area contributed by atoms with Crippen molar-refractivity contribution in [1.82, 2.24) is 0 Å². The zero-order valence-electron chi connectivity index (χ0n) is 14.0. The number of phenols is 1. The van der Waals surface area contributed by atoms with Gasteiger partial charge in [-0.25, -0.2) is 0 Å². The van der Waals surface area contributed by atoms with Crippen molar-refractivity contribution in [3.8, 4) is 22.6 Å². The van der Waals surface area contributed by atoms with Crippen LogP contribution in [0.3, 0.4) is 0 Å². The molecule has 1 aliphatic rings. The van der Waals surface area contributed by atoms with E-state index in [0.29, 0.717) is 28.0 Å². The maximum absolute atomic E-state index is 12.9. The van der Waals surface area contributed by atoms with E-state index in [4.69, 9.17) is 4.74 Å². The van der Waals surface area contributed by atoms with Crippen molar-refractivity contribution in [2.45, 2.75) is 0 Å². The summed E-state index contributed by atoms with van der Waals surface area (Å²) in [5.74, 6) is 0.109. The Kier molecular flexibility index (Phi) is 3.93. The van der Waals surface area contributed by atoms with E-state index in [2.05, 4.69) is 0 Å². The Labute approximate surface area is 154 Å². The molecule has 0 saturated carbocycles. The number of non-ortho nitro benzene ring substituents is 1. The third kappa shape index (κ3) is 2.93. The van der Waals surface area contributed by atoms with Gasteiger partial charge in [-0.2, -0.15) is 0 Å². The summed E-state index contributed by atoms with van der Waals surface area (Å²) in [6.45, 7) is 0. The quantitative estimate of drug-likeness (QED) is 0.420. The Morgan fingerprint density at radius 1 is 0.926 bits per heavy atom. The van der Waals surface area contributed by atoms with Gasteiger partial charge in [0.25, 0.3) is 5.69 Å². The Balaban J connectivity index is 1.76. The highest BCUT2D eigenvalue weighted by Crippen LogP contribution is 2.43. The second kappa shape index (κ2) is 6.42. The number of benzene rings is 3. The number of Topliss-reactive ketones (excluding diaryl/α,β-unsaturated/α-hetero) is 1. The molecule has 6 heteroatoms. The minimum Gasteiger partial charge on any atom is -0.507 e. The number of nitrogens with zero attached hydrogens (tertiary/aromatic N) is 1. The van der Waals surface area contributed by atoms with Crippen LogP contribution >= 0.6 is 0 Å². The Hall–Kier alpha value is -3.93. The molecule has 0 saturated heterocycles. The summed E-state index contributed by atoms with van der Waals surface area (Å²) in [6.07, 6.45) is 1.53. The molecule has 0 aromatic heterocycles. The molecular weight excluding hydrogens is 346 g/mol. The number of rotatable bonds is 3. The number of hydrogen-bond acceptors (Lipinski definition) is 5. The van der Waals surface area contributed by atoms with Gasteiger partial charge in [0.15, 0.2) is 5.76 Å². The molecule has 0 spiro atoms. The molecule has 3 aromatic rings. The lowest BCUT2D eigenvalue weighted by molar-refractivity contribution is -0.384. The molecule has 4 rings (SSSR count). The summed E-state index contributed by atoms with van der Waals surface area (Å²) in [5, 5.41) is 21.1. The van der Waals surface area contributed by atoms with Gasteiger partial charge in [-0.1, -0.05) is 30.3 Å². The summed E-state index contributed by atoms with van der Waals surface area (Å²) in [4.78, 5) is 23.2. The molecule has 0 aliphatic carbocycles. The first kappa shape index (κ1) is 16.5. The van der Waals surface area contributed by atoms with Crippen molar-refractivity contribution >= 4 is 17.5 Å². The van der Waals surface area contributed by atoms with E-state index in [-0.39, 0.29) is 23.0 Å². The molecule has 0 radical (unpaired) electrons. The van der Waals surface area contributed by atoms with Gasteiger partial charge in [-0.3, -0.25) is 14.9 Å². The van der Waals surface area contributed by atoms with E-state index in [0.717, 1.165) is 0 Å². The smallest absolute Gasteiger partial charge is 0.269 e. The van der Waals surface area contributed by atoms with Gasteiger partial charge in [0.1, 0.15) is 11.5 Å². The maximum Gasteiger partial charge on any atom is 0.269 e. The second-order valence-electron chi connectivity index (χ2n) is 5.99. The molecule has 6 nitrogen and oxygen atoms in total. The Morgan fingerprint density at radius 2 is 1.63 bits per heavy atom. The largest absolute Gasteiger partial charge is 0.507 e. The van der Waals surface area contributed by atoms with E-state index >= 15 is 0 Å². The van der Waals surface area contributed by atoms with Crippen molar-refractivity contribution in [3.63, 3.8) is 0 Å². The van der Waals surface area contributed by atoms with Gasteiger partial charge in [-0.05, 0) is 41.5 Å². The summed E-state index contributed by atoms with van der Waals surface area (Å²) in [6, 6.07) is 17.9. The summed E-state index contributed by atoms with van der Waals surface area (Å²) in [5.41, 5.74) is 2.00. The lowest BCUT2D eigenvalue weighted by Crippen LogP contribution is -2.00. The van der Waals surface area contributed by atoms with Crippen LogP contribution in [0, 0.1) is 10.1 Å². The van der Waals surface area contributed by atoms with Crippen LogP contribution in [0.15, 0.2) is 72.5 Å².